The second-order valence-corrected chi connectivity index (χ2v) is 5.90. The van der Waals surface area contributed by atoms with Crippen LogP contribution < -0.4 is 10.2 Å². The van der Waals surface area contributed by atoms with E-state index in [-0.39, 0.29) is 0 Å². The van der Waals surface area contributed by atoms with E-state index in [4.69, 9.17) is 11.6 Å². The topological polar surface area (TPSA) is 18.5 Å². The fraction of sp³-hybridized carbons (Fsp3) is 0.600. The van der Waals surface area contributed by atoms with Crippen LogP contribution in [-0.4, -0.2) is 44.7 Å². The summed E-state index contributed by atoms with van der Waals surface area (Å²) in [6.07, 6.45) is 1.20. The molecule has 106 valence electrons. The second-order valence-electron chi connectivity index (χ2n) is 5.46. The Morgan fingerprint density at radius 3 is 2.89 bits per heavy atom. The number of halogens is 1. The average molecular weight is 282 g/mol. The van der Waals surface area contributed by atoms with E-state index in [1.165, 1.54) is 24.2 Å². The van der Waals surface area contributed by atoms with Crippen LogP contribution in [0.3, 0.4) is 0 Å². The van der Waals surface area contributed by atoms with Crippen molar-refractivity contribution in [3.8, 4) is 0 Å². The molecule has 0 bridgehead atoms. The molecule has 0 aromatic heterocycles. The van der Waals surface area contributed by atoms with Crippen LogP contribution >= 0.6 is 11.6 Å². The number of hydrogen-bond donors (Lipinski definition) is 1. The van der Waals surface area contributed by atoms with E-state index >= 15 is 0 Å². The smallest absolute Gasteiger partial charge is 0.0429 e. The van der Waals surface area contributed by atoms with Gasteiger partial charge >= 0.3 is 0 Å². The summed E-state index contributed by atoms with van der Waals surface area (Å²) in [5, 5.41) is 4.06. The third-order valence-electron chi connectivity index (χ3n) is 3.77. The molecule has 0 spiro atoms. The fourth-order valence-corrected chi connectivity index (χ4v) is 3.04. The van der Waals surface area contributed by atoms with Crippen LogP contribution in [0.4, 0.5) is 5.69 Å². The lowest BCUT2D eigenvalue weighted by atomic mass is 10.1. The quantitative estimate of drug-likeness (QED) is 0.919. The van der Waals surface area contributed by atoms with Gasteiger partial charge in [-0.25, -0.2) is 0 Å². The Labute approximate surface area is 121 Å². The molecule has 0 radical (unpaired) electrons. The lowest BCUT2D eigenvalue weighted by Gasteiger charge is -2.32. The number of hydrogen-bond acceptors (Lipinski definition) is 3. The minimum Gasteiger partial charge on any atom is -0.367 e. The Kier molecular flexibility index (Phi) is 5.08. The first kappa shape index (κ1) is 14.6. The third kappa shape index (κ3) is 3.62. The van der Waals surface area contributed by atoms with Crippen LogP contribution in [0.25, 0.3) is 0 Å². The number of rotatable bonds is 3. The summed E-state index contributed by atoms with van der Waals surface area (Å²) < 4.78 is 0. The highest BCUT2D eigenvalue weighted by molar-refractivity contribution is 6.30. The Morgan fingerprint density at radius 2 is 2.16 bits per heavy atom. The maximum absolute atomic E-state index is 6.20. The van der Waals surface area contributed by atoms with Gasteiger partial charge in [-0.15, -0.1) is 0 Å². The van der Waals surface area contributed by atoms with Gasteiger partial charge in [0.1, 0.15) is 0 Å². The molecular formula is C15H24ClN3. The maximum atomic E-state index is 6.20. The molecule has 0 aliphatic carbocycles. The number of likely N-dealkylation sites (N-methyl/N-ethyl adjacent to an activating group) is 1. The molecule has 0 saturated carbocycles. The number of anilines is 1. The molecule has 1 unspecified atom stereocenters. The van der Waals surface area contributed by atoms with E-state index in [0.29, 0.717) is 6.04 Å². The van der Waals surface area contributed by atoms with Gasteiger partial charge in [-0.2, -0.15) is 0 Å². The number of nitrogens with zero attached hydrogens (tertiary/aromatic N) is 2. The van der Waals surface area contributed by atoms with Crippen molar-refractivity contribution < 1.29 is 0 Å². The first-order valence-electron chi connectivity index (χ1n) is 7.00. The second kappa shape index (κ2) is 6.60. The van der Waals surface area contributed by atoms with E-state index in [0.717, 1.165) is 24.7 Å². The summed E-state index contributed by atoms with van der Waals surface area (Å²) in [6, 6.07) is 6.74. The van der Waals surface area contributed by atoms with Gasteiger partial charge in [0.05, 0.1) is 0 Å². The summed E-state index contributed by atoms with van der Waals surface area (Å²) in [7, 11) is 4.19. The van der Waals surface area contributed by atoms with Gasteiger partial charge in [0.25, 0.3) is 0 Å². The molecule has 1 atom stereocenters. The molecule has 1 heterocycles. The largest absolute Gasteiger partial charge is 0.367 e. The van der Waals surface area contributed by atoms with Crippen LogP contribution in [0.1, 0.15) is 18.9 Å². The molecule has 1 fully saturated rings. The molecule has 1 aliphatic rings. The van der Waals surface area contributed by atoms with E-state index < -0.39 is 0 Å². The molecule has 1 aromatic carbocycles. The van der Waals surface area contributed by atoms with E-state index in [1.54, 1.807) is 0 Å². The van der Waals surface area contributed by atoms with E-state index in [1.807, 2.05) is 13.1 Å². The predicted molar refractivity (Wildman–Crippen MR) is 83.1 cm³/mol. The molecule has 1 saturated heterocycles. The van der Waals surface area contributed by atoms with Gasteiger partial charge in [0.2, 0.25) is 0 Å². The van der Waals surface area contributed by atoms with Crippen LogP contribution in [-0.2, 0) is 6.54 Å². The van der Waals surface area contributed by atoms with Crippen molar-refractivity contribution in [2.24, 2.45) is 0 Å². The summed E-state index contributed by atoms with van der Waals surface area (Å²) in [6.45, 7) is 6.55. The zero-order chi connectivity index (χ0) is 13.8. The fourth-order valence-electron chi connectivity index (χ4n) is 2.87. The van der Waals surface area contributed by atoms with Gasteiger partial charge in [0, 0.05) is 36.4 Å². The third-order valence-corrected chi connectivity index (χ3v) is 4.01. The average Bonchev–Trinajstić information content (AvgIpc) is 2.52. The summed E-state index contributed by atoms with van der Waals surface area (Å²) in [5.41, 5.74) is 2.60. The summed E-state index contributed by atoms with van der Waals surface area (Å²) >= 11 is 6.20. The van der Waals surface area contributed by atoms with Crippen molar-refractivity contribution >= 4 is 17.3 Å². The van der Waals surface area contributed by atoms with Crippen molar-refractivity contribution in [2.45, 2.75) is 25.9 Å². The molecule has 1 aromatic rings. The van der Waals surface area contributed by atoms with Crippen LogP contribution in [0.5, 0.6) is 0 Å². The molecule has 1 N–H and O–H groups in total. The zero-order valence-electron chi connectivity index (χ0n) is 12.1. The summed E-state index contributed by atoms with van der Waals surface area (Å²) in [5.74, 6) is 0. The lowest BCUT2D eigenvalue weighted by molar-refractivity contribution is 0.337. The minimum atomic E-state index is 0.515. The van der Waals surface area contributed by atoms with Gasteiger partial charge in [0.15, 0.2) is 0 Å². The maximum Gasteiger partial charge on any atom is 0.0429 e. The highest BCUT2D eigenvalue weighted by Gasteiger charge is 2.21. The SMILES string of the molecule is CNCc1ccc(Cl)cc1N1CCCN(C)CC1C. The van der Waals surface area contributed by atoms with Gasteiger partial charge in [-0.3, -0.25) is 0 Å². The lowest BCUT2D eigenvalue weighted by Crippen LogP contribution is -2.38. The van der Waals surface area contributed by atoms with E-state index in [9.17, 15) is 0 Å². The first-order chi connectivity index (χ1) is 9.11. The zero-order valence-corrected chi connectivity index (χ0v) is 12.9. The molecule has 2 rings (SSSR count). The van der Waals surface area contributed by atoms with Crippen molar-refractivity contribution in [1.82, 2.24) is 10.2 Å². The Morgan fingerprint density at radius 1 is 1.37 bits per heavy atom. The first-order valence-corrected chi connectivity index (χ1v) is 7.38. The monoisotopic (exact) mass is 281 g/mol. The molecule has 0 amide bonds. The van der Waals surface area contributed by atoms with Crippen molar-refractivity contribution in [3.63, 3.8) is 0 Å². The van der Waals surface area contributed by atoms with Crippen molar-refractivity contribution in [2.75, 3.05) is 38.6 Å². The molecule has 4 heteroatoms. The predicted octanol–water partition coefficient (Wildman–Crippen LogP) is 2.59. The van der Waals surface area contributed by atoms with Gasteiger partial charge in [-0.05, 0) is 51.7 Å². The van der Waals surface area contributed by atoms with Gasteiger partial charge in [-0.1, -0.05) is 17.7 Å². The Hall–Kier alpha value is -0.770. The standard InChI is InChI=1S/C15H24ClN3/c1-12-11-18(3)7-4-8-19(12)15-9-14(16)6-5-13(15)10-17-2/h5-6,9,12,17H,4,7-8,10-11H2,1-3H3. The highest BCUT2D eigenvalue weighted by atomic mass is 35.5. The van der Waals surface area contributed by atoms with Crippen molar-refractivity contribution in [1.29, 1.82) is 0 Å². The molecule has 3 nitrogen and oxygen atoms in total. The van der Waals surface area contributed by atoms with Crippen LogP contribution in [0, 0.1) is 0 Å². The normalized spacial score (nSPS) is 21.5. The summed E-state index contributed by atoms with van der Waals surface area (Å²) in [4.78, 5) is 4.91. The van der Waals surface area contributed by atoms with Crippen molar-refractivity contribution in [3.05, 3.63) is 28.8 Å². The number of nitrogens with one attached hydrogen (secondary N) is 1. The van der Waals surface area contributed by atoms with Crippen LogP contribution in [0.15, 0.2) is 18.2 Å². The highest BCUT2D eigenvalue weighted by Crippen LogP contribution is 2.28. The molecular weight excluding hydrogens is 258 g/mol. The molecule has 19 heavy (non-hydrogen) atoms. The van der Waals surface area contributed by atoms with E-state index in [2.05, 4.69) is 41.2 Å². The molecule has 1 aliphatic heterocycles. The Balaban J connectivity index is 2.30. The van der Waals surface area contributed by atoms with Gasteiger partial charge < -0.3 is 15.1 Å². The van der Waals surface area contributed by atoms with Crippen LogP contribution in [0.2, 0.25) is 5.02 Å². The Bertz CT molecular complexity index is 422. The minimum absolute atomic E-state index is 0.515. The number of benzene rings is 1.